The summed E-state index contributed by atoms with van der Waals surface area (Å²) >= 11 is 0. The molecule has 0 spiro atoms. The first kappa shape index (κ1) is 22.1. The second kappa shape index (κ2) is 8.27. The minimum Gasteiger partial charge on any atom is -0.539 e. The van der Waals surface area contributed by atoms with Crippen LogP contribution < -0.4 is 0 Å². The minimum atomic E-state index is -2.41. The van der Waals surface area contributed by atoms with Crippen LogP contribution >= 0.6 is 0 Å². The molecular weight excluding hydrogens is 534 g/mol. The van der Waals surface area contributed by atoms with Crippen molar-refractivity contribution >= 4 is 24.2 Å². The van der Waals surface area contributed by atoms with E-state index in [1.807, 2.05) is 0 Å². The molecule has 0 bridgehead atoms. The summed E-state index contributed by atoms with van der Waals surface area (Å²) < 4.78 is 14.0. The number of rotatable bonds is 6. The molecule has 1 aliphatic heterocycles. The van der Waals surface area contributed by atoms with Gasteiger partial charge in [-0.15, -0.1) is 0 Å². The van der Waals surface area contributed by atoms with Gasteiger partial charge in [-0.1, -0.05) is 12.3 Å². The van der Waals surface area contributed by atoms with Crippen molar-refractivity contribution in [1.82, 2.24) is 0 Å². The molecule has 126 valence electrons. The van der Waals surface area contributed by atoms with E-state index < -0.39 is 41.4 Å². The average molecular weight is 552 g/mol. The fraction of sp³-hybridized carbons (Fsp3) is 0.643. The van der Waals surface area contributed by atoms with Gasteiger partial charge in [0.1, 0.15) is 5.60 Å². The van der Waals surface area contributed by atoms with Crippen LogP contribution in [0.2, 0.25) is 0 Å². The number of aliphatic hydroxyl groups is 1. The number of esters is 3. The Morgan fingerprint density at radius 1 is 1.35 bits per heavy atom. The molecule has 3 atom stereocenters. The van der Waals surface area contributed by atoms with Gasteiger partial charge in [0, 0.05) is 0 Å². The van der Waals surface area contributed by atoms with Crippen molar-refractivity contribution < 1.29 is 69.6 Å². The first-order valence-electron chi connectivity index (χ1n) is 6.45. The Labute approximate surface area is 157 Å². The first-order valence-corrected chi connectivity index (χ1v) is 6.45. The number of carbonyl (C=O) groups excluding carboxylic acids is 4. The average Bonchev–Trinajstić information content (AvgIpc) is 2.65. The molecule has 1 heterocycles. The molecule has 3 unspecified atom stereocenters. The molecule has 23 heavy (non-hydrogen) atoms. The summed E-state index contributed by atoms with van der Waals surface area (Å²) in [5, 5.41) is 10.6. The third-order valence-electron chi connectivity index (χ3n) is 3.79. The Kier molecular flexibility index (Phi) is 7.94. The summed E-state index contributed by atoms with van der Waals surface area (Å²) in [6.45, 7) is 2.65. The monoisotopic (exact) mass is 552 g/mol. The zero-order valence-electron chi connectivity index (χ0n) is 13.3. The molecule has 1 fully saturated rings. The molecule has 9 heteroatoms. The Balaban J connectivity index is 0.00000484. The molecule has 0 amide bonds. The zero-order valence-corrected chi connectivity index (χ0v) is 17.5. The molecule has 8 nitrogen and oxygen atoms in total. The van der Waals surface area contributed by atoms with Crippen LogP contribution in [0.25, 0.3) is 0 Å². The number of hydrogen-bond donors (Lipinski definition) is 1. The second-order valence-electron chi connectivity index (χ2n) is 5.31. The fourth-order valence-electron chi connectivity index (χ4n) is 2.48. The van der Waals surface area contributed by atoms with Gasteiger partial charge >= 0.3 is 37.1 Å². The normalized spacial score (nSPS) is 29.5. The third-order valence-corrected chi connectivity index (χ3v) is 3.79. The van der Waals surface area contributed by atoms with E-state index in [0.717, 1.165) is 7.11 Å². The van der Waals surface area contributed by atoms with E-state index in [-0.39, 0.29) is 43.5 Å². The molecule has 1 aliphatic rings. The van der Waals surface area contributed by atoms with Crippen LogP contribution in [0.4, 0.5) is 0 Å². The summed E-state index contributed by atoms with van der Waals surface area (Å²) in [6, 6.07) is 0. The van der Waals surface area contributed by atoms with Crippen molar-refractivity contribution in [3.05, 3.63) is 5.92 Å². The smallest absolute Gasteiger partial charge is 0.539 e. The molecule has 0 aromatic rings. The number of ether oxygens (including phenoxy) is 3. The molecule has 1 N–H and O–H groups in total. The van der Waals surface area contributed by atoms with Crippen molar-refractivity contribution in [3.63, 3.8) is 0 Å². The molecule has 0 aromatic carbocycles. The van der Waals surface area contributed by atoms with Gasteiger partial charge < -0.3 is 24.1 Å². The Morgan fingerprint density at radius 3 is 2.30 bits per heavy atom. The number of cyclic esters (lactones) is 1. The number of methoxy groups -OCH3 is 2. The summed E-state index contributed by atoms with van der Waals surface area (Å²) in [5.74, 6) is -3.57. The predicted octanol–water partition coefficient (Wildman–Crippen LogP) is -0.521. The quantitative estimate of drug-likeness (QED) is 0.266. The van der Waals surface area contributed by atoms with Crippen molar-refractivity contribution in [2.24, 2.45) is 5.92 Å². The first-order chi connectivity index (χ1) is 10.1. The van der Waals surface area contributed by atoms with Gasteiger partial charge in [0.25, 0.3) is 11.9 Å². The molecule has 0 aromatic heterocycles. The Bertz CT molecular complexity index is 493. The SMILES string of the molecule is COC(=O)C[C-](C)C1C(=O)OC(C)(CC(=O)OC)C1(O)[C-]=O.[U+2]. The van der Waals surface area contributed by atoms with Crippen molar-refractivity contribution in [2.75, 3.05) is 14.2 Å². The van der Waals surface area contributed by atoms with E-state index in [2.05, 4.69) is 9.47 Å². The fourth-order valence-corrected chi connectivity index (χ4v) is 2.48. The van der Waals surface area contributed by atoms with Crippen LogP contribution in [0.3, 0.4) is 0 Å². The molecule has 1 saturated heterocycles. The summed E-state index contributed by atoms with van der Waals surface area (Å²) in [7, 11) is 2.29. The van der Waals surface area contributed by atoms with Crippen LogP contribution in [-0.4, -0.2) is 54.7 Å². The van der Waals surface area contributed by atoms with Crippen LogP contribution in [0.1, 0.15) is 26.7 Å². The maximum absolute atomic E-state index is 12.1. The van der Waals surface area contributed by atoms with E-state index in [9.17, 15) is 24.3 Å². The van der Waals surface area contributed by atoms with Gasteiger partial charge in [-0.05, 0) is 12.5 Å². The van der Waals surface area contributed by atoms with Crippen molar-refractivity contribution in [1.29, 1.82) is 0 Å². The second-order valence-corrected chi connectivity index (χ2v) is 5.31. The molecule has 1 rings (SSSR count). The van der Waals surface area contributed by atoms with E-state index in [4.69, 9.17) is 4.74 Å². The standard InChI is InChI=1S/C14H18O8.U/c1-8(5-9(16)20-3)11-12(18)22-13(2,6-10(17)21-4)14(11,19)7-15;/h11,19H,5-6H2,1-4H3;/q-2;+2. The van der Waals surface area contributed by atoms with Gasteiger partial charge in [0.2, 0.25) is 0 Å². The van der Waals surface area contributed by atoms with Crippen LogP contribution in [0.15, 0.2) is 0 Å². The third kappa shape index (κ3) is 4.14. The van der Waals surface area contributed by atoms with Gasteiger partial charge in [-0.25, -0.2) is 6.29 Å². The van der Waals surface area contributed by atoms with Crippen LogP contribution in [-0.2, 0) is 33.4 Å². The molecule has 0 saturated carbocycles. The van der Waals surface area contributed by atoms with E-state index in [1.165, 1.54) is 27.2 Å². The maximum Gasteiger partial charge on any atom is 2.00 e. The van der Waals surface area contributed by atoms with Crippen molar-refractivity contribution in [3.8, 4) is 0 Å². The van der Waals surface area contributed by atoms with Crippen molar-refractivity contribution in [2.45, 2.75) is 37.9 Å². The Hall–Kier alpha value is -0.908. The molecular formula is C14H18O8U. The molecule has 0 radical (unpaired) electrons. The maximum atomic E-state index is 12.1. The van der Waals surface area contributed by atoms with Gasteiger partial charge in [-0.2, -0.15) is 6.92 Å². The minimum absolute atomic E-state index is 0. The number of carbonyl (C=O) groups is 3. The van der Waals surface area contributed by atoms with Gasteiger partial charge in [-0.3, -0.25) is 20.3 Å². The zero-order chi connectivity index (χ0) is 17.1. The van der Waals surface area contributed by atoms with Crippen LogP contribution in [0, 0.1) is 42.9 Å². The van der Waals surface area contributed by atoms with Gasteiger partial charge in [0.05, 0.1) is 20.6 Å². The van der Waals surface area contributed by atoms with E-state index in [0.29, 0.717) is 0 Å². The number of hydrogen-bond acceptors (Lipinski definition) is 8. The predicted molar refractivity (Wildman–Crippen MR) is 70.8 cm³/mol. The topological polar surface area (TPSA) is 116 Å². The summed E-state index contributed by atoms with van der Waals surface area (Å²) in [5.41, 5.74) is -4.24. The van der Waals surface area contributed by atoms with E-state index in [1.54, 1.807) is 0 Å². The van der Waals surface area contributed by atoms with E-state index >= 15 is 0 Å². The van der Waals surface area contributed by atoms with Gasteiger partial charge in [0.15, 0.2) is 0 Å². The van der Waals surface area contributed by atoms with Crippen LogP contribution in [0.5, 0.6) is 0 Å². The molecule has 0 aliphatic carbocycles. The Morgan fingerprint density at radius 2 is 1.87 bits per heavy atom. The largest absolute Gasteiger partial charge is 2.00 e. The summed E-state index contributed by atoms with van der Waals surface area (Å²) in [4.78, 5) is 46.2. The summed E-state index contributed by atoms with van der Waals surface area (Å²) in [6.07, 6.45) is 0.584.